The molecule has 0 unspecified atom stereocenters. The van der Waals surface area contributed by atoms with Gasteiger partial charge in [-0.05, 0) is 48.9 Å². The average Bonchev–Trinajstić information content (AvgIpc) is 3.05. The largest absolute Gasteiger partial charge is 0.388 e. The molecule has 3 nitrogen and oxygen atoms in total. The lowest BCUT2D eigenvalue weighted by molar-refractivity contribution is 0.0945. The molecule has 0 aromatic heterocycles. The van der Waals surface area contributed by atoms with Crippen LogP contribution in [-0.2, 0) is 0 Å². The highest BCUT2D eigenvalue weighted by Crippen LogP contribution is 2.44. The minimum absolute atomic E-state index is 0.0401. The summed E-state index contributed by atoms with van der Waals surface area (Å²) >= 11 is 0. The SMILES string of the molecule is CNc1ccc(C(=O)NCC2(C)CC2)c(C)c1. The Bertz CT molecular complexity index is 436. The zero-order valence-electron chi connectivity index (χ0n) is 10.8. The summed E-state index contributed by atoms with van der Waals surface area (Å²) in [5.74, 6) is 0.0401. The van der Waals surface area contributed by atoms with E-state index in [1.165, 1.54) is 12.8 Å². The fourth-order valence-electron chi connectivity index (χ4n) is 1.85. The van der Waals surface area contributed by atoms with Gasteiger partial charge in [-0.1, -0.05) is 6.92 Å². The molecule has 1 amide bonds. The average molecular weight is 232 g/mol. The smallest absolute Gasteiger partial charge is 0.251 e. The van der Waals surface area contributed by atoms with Crippen molar-refractivity contribution >= 4 is 11.6 Å². The molecule has 17 heavy (non-hydrogen) atoms. The third-order valence-corrected chi connectivity index (χ3v) is 3.54. The first-order valence-corrected chi connectivity index (χ1v) is 6.11. The Hall–Kier alpha value is -1.51. The van der Waals surface area contributed by atoms with Crippen LogP contribution in [0.5, 0.6) is 0 Å². The standard InChI is InChI=1S/C14H20N2O/c1-10-8-11(15-3)4-5-12(10)13(17)16-9-14(2)6-7-14/h4-5,8,15H,6-7,9H2,1-3H3,(H,16,17). The lowest BCUT2D eigenvalue weighted by Crippen LogP contribution is -2.29. The molecule has 2 N–H and O–H groups in total. The van der Waals surface area contributed by atoms with Gasteiger partial charge in [0.15, 0.2) is 0 Å². The lowest BCUT2D eigenvalue weighted by Gasteiger charge is -2.12. The van der Waals surface area contributed by atoms with E-state index in [0.717, 1.165) is 23.4 Å². The Kier molecular flexibility index (Phi) is 3.09. The summed E-state index contributed by atoms with van der Waals surface area (Å²) in [4.78, 5) is 12.0. The maximum Gasteiger partial charge on any atom is 0.251 e. The minimum atomic E-state index is 0.0401. The van der Waals surface area contributed by atoms with Crippen LogP contribution in [0, 0.1) is 12.3 Å². The van der Waals surface area contributed by atoms with E-state index in [4.69, 9.17) is 0 Å². The van der Waals surface area contributed by atoms with Gasteiger partial charge in [-0.25, -0.2) is 0 Å². The predicted molar refractivity (Wildman–Crippen MR) is 70.4 cm³/mol. The van der Waals surface area contributed by atoms with Gasteiger partial charge in [0.1, 0.15) is 0 Å². The summed E-state index contributed by atoms with van der Waals surface area (Å²) in [5.41, 5.74) is 3.17. The van der Waals surface area contributed by atoms with Crippen molar-refractivity contribution in [2.45, 2.75) is 26.7 Å². The number of nitrogens with one attached hydrogen (secondary N) is 2. The van der Waals surface area contributed by atoms with Gasteiger partial charge >= 0.3 is 0 Å². The van der Waals surface area contributed by atoms with Crippen LogP contribution in [0.25, 0.3) is 0 Å². The minimum Gasteiger partial charge on any atom is -0.388 e. The number of anilines is 1. The fourth-order valence-corrected chi connectivity index (χ4v) is 1.85. The summed E-state index contributed by atoms with van der Waals surface area (Å²) in [5, 5.41) is 6.09. The van der Waals surface area contributed by atoms with Gasteiger partial charge in [0.05, 0.1) is 0 Å². The first-order valence-electron chi connectivity index (χ1n) is 6.11. The molecule has 0 aliphatic heterocycles. The number of hydrogen-bond donors (Lipinski definition) is 2. The van der Waals surface area contributed by atoms with E-state index in [1.54, 1.807) is 0 Å². The number of benzene rings is 1. The second-order valence-electron chi connectivity index (χ2n) is 5.27. The molecule has 0 saturated heterocycles. The molecule has 1 aliphatic rings. The maximum atomic E-state index is 12.0. The molecule has 1 saturated carbocycles. The van der Waals surface area contributed by atoms with Gasteiger partial charge in [0.25, 0.3) is 5.91 Å². The third kappa shape index (κ3) is 2.78. The second kappa shape index (κ2) is 4.40. The molecule has 1 aromatic carbocycles. The maximum absolute atomic E-state index is 12.0. The molecule has 2 rings (SSSR count). The molecule has 3 heteroatoms. The van der Waals surface area contributed by atoms with Crippen molar-refractivity contribution in [3.8, 4) is 0 Å². The van der Waals surface area contributed by atoms with E-state index in [0.29, 0.717) is 5.41 Å². The van der Waals surface area contributed by atoms with Crippen LogP contribution in [0.15, 0.2) is 18.2 Å². The zero-order chi connectivity index (χ0) is 12.5. The molecule has 0 heterocycles. The van der Waals surface area contributed by atoms with Gasteiger partial charge in [0, 0.05) is 24.8 Å². The molecule has 0 bridgehead atoms. The summed E-state index contributed by atoms with van der Waals surface area (Å²) < 4.78 is 0. The van der Waals surface area contributed by atoms with Crippen molar-refractivity contribution in [1.29, 1.82) is 0 Å². The van der Waals surface area contributed by atoms with Crippen LogP contribution in [-0.4, -0.2) is 19.5 Å². The Labute approximate surface area is 103 Å². The molecule has 0 atom stereocenters. The van der Waals surface area contributed by atoms with E-state index in [9.17, 15) is 4.79 Å². The quantitative estimate of drug-likeness (QED) is 0.837. The molecular weight excluding hydrogens is 212 g/mol. The van der Waals surface area contributed by atoms with Crippen molar-refractivity contribution in [3.05, 3.63) is 29.3 Å². The molecular formula is C14H20N2O. The van der Waals surface area contributed by atoms with Crippen molar-refractivity contribution < 1.29 is 4.79 Å². The van der Waals surface area contributed by atoms with Crippen LogP contribution in [0.3, 0.4) is 0 Å². The monoisotopic (exact) mass is 232 g/mol. The van der Waals surface area contributed by atoms with Gasteiger partial charge in [0.2, 0.25) is 0 Å². The van der Waals surface area contributed by atoms with Crippen LogP contribution in [0.2, 0.25) is 0 Å². The number of rotatable bonds is 4. The number of aryl methyl sites for hydroxylation is 1. The summed E-state index contributed by atoms with van der Waals surface area (Å²) in [6, 6.07) is 5.81. The van der Waals surface area contributed by atoms with Crippen LogP contribution in [0.1, 0.15) is 35.7 Å². The van der Waals surface area contributed by atoms with Gasteiger partial charge < -0.3 is 10.6 Å². The second-order valence-corrected chi connectivity index (χ2v) is 5.27. The Morgan fingerprint density at radius 1 is 1.41 bits per heavy atom. The molecule has 0 radical (unpaired) electrons. The Morgan fingerprint density at radius 2 is 2.12 bits per heavy atom. The van der Waals surface area contributed by atoms with Gasteiger partial charge in [-0.3, -0.25) is 4.79 Å². The fraction of sp³-hybridized carbons (Fsp3) is 0.500. The Balaban J connectivity index is 2.03. The Morgan fingerprint density at radius 3 is 2.65 bits per heavy atom. The van der Waals surface area contributed by atoms with E-state index in [-0.39, 0.29) is 5.91 Å². The number of carbonyl (C=O) groups is 1. The van der Waals surface area contributed by atoms with Crippen molar-refractivity contribution in [3.63, 3.8) is 0 Å². The molecule has 1 aromatic rings. The topological polar surface area (TPSA) is 41.1 Å². The number of amides is 1. The summed E-state index contributed by atoms with van der Waals surface area (Å²) in [6.45, 7) is 4.97. The van der Waals surface area contributed by atoms with Crippen molar-refractivity contribution in [2.24, 2.45) is 5.41 Å². The number of hydrogen-bond acceptors (Lipinski definition) is 2. The lowest BCUT2D eigenvalue weighted by atomic mass is 10.1. The van der Waals surface area contributed by atoms with Gasteiger partial charge in [-0.2, -0.15) is 0 Å². The van der Waals surface area contributed by atoms with Crippen LogP contribution in [0.4, 0.5) is 5.69 Å². The molecule has 1 aliphatic carbocycles. The third-order valence-electron chi connectivity index (χ3n) is 3.54. The highest BCUT2D eigenvalue weighted by molar-refractivity contribution is 5.96. The highest BCUT2D eigenvalue weighted by atomic mass is 16.1. The zero-order valence-corrected chi connectivity index (χ0v) is 10.8. The normalized spacial score (nSPS) is 16.4. The molecule has 92 valence electrons. The summed E-state index contributed by atoms with van der Waals surface area (Å²) in [6.07, 6.45) is 2.45. The van der Waals surface area contributed by atoms with Gasteiger partial charge in [-0.15, -0.1) is 0 Å². The summed E-state index contributed by atoms with van der Waals surface area (Å²) in [7, 11) is 1.88. The van der Waals surface area contributed by atoms with Crippen LogP contribution < -0.4 is 10.6 Å². The predicted octanol–water partition coefficient (Wildman–Crippen LogP) is 2.57. The van der Waals surface area contributed by atoms with Crippen molar-refractivity contribution in [1.82, 2.24) is 5.32 Å². The number of carbonyl (C=O) groups excluding carboxylic acids is 1. The first kappa shape index (κ1) is 12.0. The highest BCUT2D eigenvalue weighted by Gasteiger charge is 2.37. The van der Waals surface area contributed by atoms with E-state index in [1.807, 2.05) is 32.2 Å². The first-order chi connectivity index (χ1) is 8.04. The van der Waals surface area contributed by atoms with E-state index >= 15 is 0 Å². The molecule has 0 spiro atoms. The van der Waals surface area contributed by atoms with E-state index in [2.05, 4.69) is 17.6 Å². The van der Waals surface area contributed by atoms with Crippen LogP contribution >= 0.6 is 0 Å². The van der Waals surface area contributed by atoms with E-state index < -0.39 is 0 Å². The van der Waals surface area contributed by atoms with Crippen molar-refractivity contribution in [2.75, 3.05) is 18.9 Å². The molecule has 1 fully saturated rings.